The molecule has 0 saturated carbocycles. The highest BCUT2D eigenvalue weighted by Gasteiger charge is 2.11. The van der Waals surface area contributed by atoms with Gasteiger partial charge in [-0.05, 0) is 23.6 Å². The average Bonchev–Trinajstić information content (AvgIpc) is 3.02. The van der Waals surface area contributed by atoms with E-state index in [2.05, 4.69) is 20.6 Å². The number of nitrogens with one attached hydrogen (secondary N) is 2. The number of aromatic nitrogens is 2. The summed E-state index contributed by atoms with van der Waals surface area (Å²) in [6.45, 7) is 0. The van der Waals surface area contributed by atoms with Crippen LogP contribution in [0.15, 0.2) is 29.6 Å². The van der Waals surface area contributed by atoms with E-state index >= 15 is 0 Å². The zero-order valence-corrected chi connectivity index (χ0v) is 13.3. The van der Waals surface area contributed by atoms with Crippen LogP contribution in [-0.2, 0) is 0 Å². The number of fused-ring (bicyclic) bond motifs is 1. The zero-order valence-electron chi connectivity index (χ0n) is 12.5. The lowest BCUT2D eigenvalue weighted by atomic mass is 10.2. The van der Waals surface area contributed by atoms with Gasteiger partial charge in [0.2, 0.25) is 5.95 Å². The van der Waals surface area contributed by atoms with Crippen LogP contribution in [0.2, 0.25) is 0 Å². The number of hydrogen-bond donors (Lipinski definition) is 2. The van der Waals surface area contributed by atoms with Crippen molar-refractivity contribution in [2.75, 3.05) is 31.9 Å². The van der Waals surface area contributed by atoms with Crippen molar-refractivity contribution in [1.29, 1.82) is 0 Å². The number of ether oxygens (including phenoxy) is 2. The molecule has 0 aliphatic rings. The third-order valence-corrected chi connectivity index (χ3v) is 4.11. The highest BCUT2D eigenvalue weighted by molar-refractivity contribution is 7.17. The van der Waals surface area contributed by atoms with Crippen LogP contribution in [0, 0.1) is 0 Å². The summed E-state index contributed by atoms with van der Waals surface area (Å²) in [6, 6.07) is 7.51. The smallest absolute Gasteiger partial charge is 0.229 e. The lowest BCUT2D eigenvalue weighted by Gasteiger charge is -2.12. The van der Waals surface area contributed by atoms with Crippen molar-refractivity contribution in [3.8, 4) is 11.5 Å². The molecule has 0 amide bonds. The highest BCUT2D eigenvalue weighted by atomic mass is 32.1. The van der Waals surface area contributed by atoms with Gasteiger partial charge >= 0.3 is 0 Å². The molecule has 0 aliphatic carbocycles. The van der Waals surface area contributed by atoms with Gasteiger partial charge in [-0.2, -0.15) is 4.98 Å². The summed E-state index contributed by atoms with van der Waals surface area (Å²) < 4.78 is 11.6. The minimum absolute atomic E-state index is 0.513. The summed E-state index contributed by atoms with van der Waals surface area (Å²) in [4.78, 5) is 9.01. The van der Waals surface area contributed by atoms with Gasteiger partial charge in [-0.15, -0.1) is 11.3 Å². The van der Waals surface area contributed by atoms with Gasteiger partial charge in [0.25, 0.3) is 0 Å². The molecule has 0 fully saturated rings. The second kappa shape index (κ2) is 6.07. The molecule has 7 heteroatoms. The fraction of sp³-hybridized carbons (Fsp3) is 0.200. The summed E-state index contributed by atoms with van der Waals surface area (Å²) in [7, 11) is 5.08. The quantitative estimate of drug-likeness (QED) is 0.751. The van der Waals surface area contributed by atoms with Crippen molar-refractivity contribution in [3.63, 3.8) is 0 Å². The number of nitrogens with zero attached hydrogens (tertiary/aromatic N) is 2. The van der Waals surface area contributed by atoms with Crippen molar-refractivity contribution < 1.29 is 9.47 Å². The van der Waals surface area contributed by atoms with E-state index in [1.807, 2.05) is 36.7 Å². The van der Waals surface area contributed by atoms with Gasteiger partial charge < -0.3 is 20.1 Å². The van der Waals surface area contributed by atoms with Gasteiger partial charge in [0, 0.05) is 13.1 Å². The van der Waals surface area contributed by atoms with Crippen LogP contribution in [0.3, 0.4) is 0 Å². The Morgan fingerprint density at radius 1 is 1.09 bits per heavy atom. The number of hydrogen-bond acceptors (Lipinski definition) is 7. The van der Waals surface area contributed by atoms with Crippen LogP contribution < -0.4 is 20.1 Å². The minimum Gasteiger partial charge on any atom is -0.497 e. The van der Waals surface area contributed by atoms with Gasteiger partial charge in [-0.1, -0.05) is 0 Å². The van der Waals surface area contributed by atoms with Crippen molar-refractivity contribution in [2.45, 2.75) is 0 Å². The van der Waals surface area contributed by atoms with Crippen molar-refractivity contribution >= 4 is 39.0 Å². The van der Waals surface area contributed by atoms with E-state index in [-0.39, 0.29) is 0 Å². The molecule has 0 saturated heterocycles. The average molecular weight is 316 g/mol. The maximum atomic E-state index is 5.38. The zero-order chi connectivity index (χ0) is 15.5. The second-order valence-electron chi connectivity index (χ2n) is 4.47. The largest absolute Gasteiger partial charge is 0.497 e. The Morgan fingerprint density at radius 2 is 1.95 bits per heavy atom. The molecule has 1 aromatic carbocycles. The number of anilines is 3. The Morgan fingerprint density at radius 3 is 2.68 bits per heavy atom. The monoisotopic (exact) mass is 316 g/mol. The molecule has 6 nitrogen and oxygen atoms in total. The van der Waals surface area contributed by atoms with Gasteiger partial charge in [0.05, 0.1) is 30.1 Å². The van der Waals surface area contributed by atoms with E-state index in [0.29, 0.717) is 11.7 Å². The van der Waals surface area contributed by atoms with Gasteiger partial charge in [-0.25, -0.2) is 4.98 Å². The summed E-state index contributed by atoms with van der Waals surface area (Å²) in [5.74, 6) is 2.71. The highest BCUT2D eigenvalue weighted by Crippen LogP contribution is 2.32. The molecule has 2 N–H and O–H groups in total. The van der Waals surface area contributed by atoms with Crippen LogP contribution in [0.5, 0.6) is 11.5 Å². The molecule has 2 heterocycles. The molecular formula is C15H16N4O2S. The van der Waals surface area contributed by atoms with Gasteiger partial charge in [0.15, 0.2) is 0 Å². The lowest BCUT2D eigenvalue weighted by Crippen LogP contribution is -2.02. The van der Waals surface area contributed by atoms with Crippen molar-refractivity contribution in [3.05, 3.63) is 29.6 Å². The van der Waals surface area contributed by atoms with Crippen LogP contribution in [0.25, 0.3) is 10.2 Å². The Kier molecular flexibility index (Phi) is 3.97. The predicted octanol–water partition coefficient (Wildman–Crippen LogP) is 3.49. The standard InChI is InChI=1S/C15H16N4O2S/c1-16-14-13-11(6-7-22-13)18-15(19-14)17-10-5-4-9(20-2)8-12(10)21-3/h4-8H,1-3H3,(H2,16,17,18,19). The molecule has 22 heavy (non-hydrogen) atoms. The van der Waals surface area contributed by atoms with E-state index in [1.165, 1.54) is 0 Å². The fourth-order valence-electron chi connectivity index (χ4n) is 2.11. The van der Waals surface area contributed by atoms with Crippen molar-refractivity contribution in [2.24, 2.45) is 0 Å². The Hall–Kier alpha value is -2.54. The van der Waals surface area contributed by atoms with E-state index in [9.17, 15) is 0 Å². The van der Waals surface area contributed by atoms with Crippen molar-refractivity contribution in [1.82, 2.24) is 9.97 Å². The molecule has 0 bridgehead atoms. The fourth-order valence-corrected chi connectivity index (χ4v) is 2.94. The Bertz CT molecular complexity index is 803. The van der Waals surface area contributed by atoms with Crippen LogP contribution in [-0.4, -0.2) is 31.2 Å². The summed E-state index contributed by atoms with van der Waals surface area (Å²) >= 11 is 1.61. The Balaban J connectivity index is 1.99. The van der Waals surface area contributed by atoms with Crippen LogP contribution in [0.1, 0.15) is 0 Å². The van der Waals surface area contributed by atoms with E-state index in [4.69, 9.17) is 9.47 Å². The minimum atomic E-state index is 0.513. The third kappa shape index (κ3) is 2.62. The molecule has 114 valence electrons. The predicted molar refractivity (Wildman–Crippen MR) is 89.8 cm³/mol. The molecule has 2 aromatic heterocycles. The first-order valence-electron chi connectivity index (χ1n) is 6.67. The first-order valence-corrected chi connectivity index (χ1v) is 7.55. The molecule has 0 atom stereocenters. The van der Waals surface area contributed by atoms with E-state index in [1.54, 1.807) is 25.6 Å². The molecule has 3 rings (SSSR count). The number of thiophene rings is 1. The SMILES string of the molecule is CNc1nc(Nc2ccc(OC)cc2OC)nc2ccsc12. The number of benzene rings is 1. The summed E-state index contributed by atoms with van der Waals surface area (Å²) in [6.07, 6.45) is 0. The van der Waals surface area contributed by atoms with Crippen LogP contribution >= 0.6 is 11.3 Å². The first kappa shape index (κ1) is 14.4. The topological polar surface area (TPSA) is 68.3 Å². The normalized spacial score (nSPS) is 10.5. The third-order valence-electron chi connectivity index (χ3n) is 3.20. The molecule has 3 aromatic rings. The molecule has 0 unspecified atom stereocenters. The summed E-state index contributed by atoms with van der Waals surface area (Å²) in [5.41, 5.74) is 1.68. The molecule has 0 spiro atoms. The van der Waals surface area contributed by atoms with Gasteiger partial charge in [0.1, 0.15) is 17.3 Å². The van der Waals surface area contributed by atoms with Gasteiger partial charge in [-0.3, -0.25) is 0 Å². The lowest BCUT2D eigenvalue weighted by molar-refractivity contribution is 0.395. The van der Waals surface area contributed by atoms with E-state index < -0.39 is 0 Å². The summed E-state index contributed by atoms with van der Waals surface area (Å²) in [5, 5.41) is 8.29. The maximum Gasteiger partial charge on any atom is 0.229 e. The first-order chi connectivity index (χ1) is 10.7. The van der Waals surface area contributed by atoms with E-state index in [0.717, 1.165) is 27.5 Å². The molecular weight excluding hydrogens is 300 g/mol. The molecule has 0 aliphatic heterocycles. The Labute approximate surface area is 132 Å². The number of rotatable bonds is 5. The van der Waals surface area contributed by atoms with Crippen LogP contribution in [0.4, 0.5) is 17.5 Å². The molecule has 0 radical (unpaired) electrons. The maximum absolute atomic E-state index is 5.38. The second-order valence-corrected chi connectivity index (χ2v) is 5.39. The number of methoxy groups -OCH3 is 2.